The summed E-state index contributed by atoms with van der Waals surface area (Å²) in [5.41, 5.74) is 1.90. The first-order valence-electron chi connectivity index (χ1n) is 6.11. The zero-order valence-electron chi connectivity index (χ0n) is 10.6. The first-order valence-corrected chi connectivity index (χ1v) is 7.28. The number of halogens is 2. The zero-order valence-corrected chi connectivity index (χ0v) is 12.9. The van der Waals surface area contributed by atoms with E-state index < -0.39 is 0 Å². The lowest BCUT2D eigenvalue weighted by atomic mass is 10.3. The molecule has 0 atom stereocenters. The predicted octanol–water partition coefficient (Wildman–Crippen LogP) is 5.06. The van der Waals surface area contributed by atoms with Crippen LogP contribution in [0.3, 0.4) is 0 Å². The first-order chi connectivity index (χ1) is 9.20. The number of pyridine rings is 1. The summed E-state index contributed by atoms with van der Waals surface area (Å²) in [7, 11) is 0. The average molecular weight is 341 g/mol. The topological polar surface area (TPSA) is 37.0 Å². The molecule has 1 aromatic heterocycles. The highest BCUT2D eigenvalue weighted by Gasteiger charge is 2.04. The van der Waals surface area contributed by atoms with E-state index in [9.17, 15) is 0 Å². The summed E-state index contributed by atoms with van der Waals surface area (Å²) in [6.07, 6.45) is 2.85. The summed E-state index contributed by atoms with van der Waals surface area (Å²) in [4.78, 5) is 4.27. The normalized spacial score (nSPS) is 10.3. The second-order valence-corrected chi connectivity index (χ2v) is 5.28. The van der Waals surface area contributed by atoms with Gasteiger partial charge >= 0.3 is 0 Å². The summed E-state index contributed by atoms with van der Waals surface area (Å²) in [6, 6.07) is 9.62. The summed E-state index contributed by atoms with van der Waals surface area (Å²) < 4.78 is 0.858. The summed E-state index contributed by atoms with van der Waals surface area (Å²) in [5.74, 6) is 0.866. The van der Waals surface area contributed by atoms with Crippen LogP contribution in [0, 0.1) is 0 Å². The van der Waals surface area contributed by atoms with Gasteiger partial charge in [-0.3, -0.25) is 0 Å². The molecule has 0 saturated heterocycles. The van der Waals surface area contributed by atoms with Crippen molar-refractivity contribution in [2.45, 2.75) is 13.3 Å². The molecule has 0 bridgehead atoms. The second kappa shape index (κ2) is 6.78. The fourth-order valence-corrected chi connectivity index (χ4v) is 2.15. The highest BCUT2D eigenvalue weighted by atomic mass is 79.9. The minimum Gasteiger partial charge on any atom is -0.370 e. The quantitative estimate of drug-likeness (QED) is 0.798. The van der Waals surface area contributed by atoms with Gasteiger partial charge in [0.15, 0.2) is 0 Å². The molecule has 2 N–H and O–H groups in total. The summed E-state index contributed by atoms with van der Waals surface area (Å²) in [6.45, 7) is 3.04. The van der Waals surface area contributed by atoms with Gasteiger partial charge in [0.25, 0.3) is 0 Å². The van der Waals surface area contributed by atoms with Gasteiger partial charge in [0.05, 0.1) is 15.2 Å². The number of rotatable bonds is 5. The Morgan fingerprint density at radius 2 is 2.16 bits per heavy atom. The van der Waals surface area contributed by atoms with Gasteiger partial charge in [0, 0.05) is 24.5 Å². The lowest BCUT2D eigenvalue weighted by Crippen LogP contribution is -2.02. The minimum atomic E-state index is 0.684. The van der Waals surface area contributed by atoms with Crippen molar-refractivity contribution in [1.82, 2.24) is 4.98 Å². The Morgan fingerprint density at radius 1 is 1.32 bits per heavy atom. The van der Waals surface area contributed by atoms with Gasteiger partial charge < -0.3 is 10.6 Å². The van der Waals surface area contributed by atoms with Crippen molar-refractivity contribution in [2.24, 2.45) is 0 Å². The van der Waals surface area contributed by atoms with Gasteiger partial charge in [-0.25, -0.2) is 4.98 Å². The molecule has 2 rings (SSSR count). The van der Waals surface area contributed by atoms with Gasteiger partial charge in [-0.05, 0) is 40.5 Å². The molecule has 3 nitrogen and oxygen atoms in total. The van der Waals surface area contributed by atoms with E-state index in [1.807, 2.05) is 30.3 Å². The van der Waals surface area contributed by atoms with Crippen LogP contribution in [0.5, 0.6) is 0 Å². The third-order valence-electron chi connectivity index (χ3n) is 2.55. The molecule has 1 heterocycles. The van der Waals surface area contributed by atoms with Crippen molar-refractivity contribution in [3.63, 3.8) is 0 Å². The smallest absolute Gasteiger partial charge is 0.127 e. The molecular weight excluding hydrogens is 326 g/mol. The minimum absolute atomic E-state index is 0.684. The zero-order chi connectivity index (χ0) is 13.7. The van der Waals surface area contributed by atoms with E-state index in [1.54, 1.807) is 6.20 Å². The second-order valence-electron chi connectivity index (χ2n) is 4.08. The molecule has 2 aromatic rings. The molecule has 0 aliphatic heterocycles. The SMILES string of the molecule is CCCNc1cc(Nc2cccc(Cl)c2Br)ccn1. The number of aromatic nitrogens is 1. The Bertz CT molecular complexity index is 560. The molecule has 100 valence electrons. The van der Waals surface area contributed by atoms with Crippen molar-refractivity contribution >= 4 is 44.7 Å². The van der Waals surface area contributed by atoms with Crippen LogP contribution in [0.1, 0.15) is 13.3 Å². The third kappa shape index (κ3) is 3.85. The molecule has 0 amide bonds. The number of hydrogen-bond donors (Lipinski definition) is 2. The highest BCUT2D eigenvalue weighted by Crippen LogP contribution is 2.32. The molecule has 0 radical (unpaired) electrons. The van der Waals surface area contributed by atoms with E-state index in [1.165, 1.54) is 0 Å². The standard InChI is InChI=1S/C14H15BrClN3/c1-2-7-17-13-9-10(6-8-18-13)19-12-5-3-4-11(16)14(12)15/h3-6,8-9H,2,7H2,1H3,(H2,17,18,19). The Morgan fingerprint density at radius 3 is 2.95 bits per heavy atom. The average Bonchev–Trinajstić information content (AvgIpc) is 2.42. The maximum atomic E-state index is 6.07. The van der Waals surface area contributed by atoms with Gasteiger partial charge in [-0.2, -0.15) is 0 Å². The maximum absolute atomic E-state index is 6.07. The largest absolute Gasteiger partial charge is 0.370 e. The number of nitrogens with one attached hydrogen (secondary N) is 2. The molecule has 0 aliphatic carbocycles. The van der Waals surface area contributed by atoms with Crippen molar-refractivity contribution in [1.29, 1.82) is 0 Å². The molecule has 0 saturated carbocycles. The summed E-state index contributed by atoms with van der Waals surface area (Å²) >= 11 is 9.54. The van der Waals surface area contributed by atoms with Gasteiger partial charge in [0.2, 0.25) is 0 Å². The highest BCUT2D eigenvalue weighted by molar-refractivity contribution is 9.10. The Labute approximate surface area is 126 Å². The van der Waals surface area contributed by atoms with Crippen LogP contribution >= 0.6 is 27.5 Å². The first kappa shape index (κ1) is 14.2. The molecule has 19 heavy (non-hydrogen) atoms. The third-order valence-corrected chi connectivity index (χ3v) is 3.94. The molecule has 5 heteroatoms. The van der Waals surface area contributed by atoms with Crippen LogP contribution in [-0.4, -0.2) is 11.5 Å². The number of anilines is 3. The van der Waals surface area contributed by atoms with Crippen LogP contribution in [0.2, 0.25) is 5.02 Å². The van der Waals surface area contributed by atoms with E-state index in [0.29, 0.717) is 5.02 Å². The fourth-order valence-electron chi connectivity index (χ4n) is 1.61. The Balaban J connectivity index is 2.16. The molecule has 0 unspecified atom stereocenters. The van der Waals surface area contributed by atoms with Crippen LogP contribution in [0.15, 0.2) is 41.0 Å². The van der Waals surface area contributed by atoms with E-state index in [0.717, 1.165) is 34.6 Å². The molecule has 0 aliphatic rings. The van der Waals surface area contributed by atoms with E-state index in [4.69, 9.17) is 11.6 Å². The van der Waals surface area contributed by atoms with E-state index in [2.05, 4.69) is 38.5 Å². The van der Waals surface area contributed by atoms with Crippen LogP contribution in [0.25, 0.3) is 0 Å². The van der Waals surface area contributed by atoms with Gasteiger partial charge in [-0.15, -0.1) is 0 Å². The maximum Gasteiger partial charge on any atom is 0.127 e. The van der Waals surface area contributed by atoms with Crippen LogP contribution in [-0.2, 0) is 0 Å². The van der Waals surface area contributed by atoms with Crippen molar-refractivity contribution < 1.29 is 0 Å². The molecule has 1 aromatic carbocycles. The fraction of sp³-hybridized carbons (Fsp3) is 0.214. The van der Waals surface area contributed by atoms with Crippen molar-refractivity contribution in [3.8, 4) is 0 Å². The Kier molecular flexibility index (Phi) is 5.05. The lowest BCUT2D eigenvalue weighted by molar-refractivity contribution is 0.969. The number of hydrogen-bond acceptors (Lipinski definition) is 3. The van der Waals surface area contributed by atoms with Gasteiger partial charge in [-0.1, -0.05) is 24.6 Å². The van der Waals surface area contributed by atoms with E-state index in [-0.39, 0.29) is 0 Å². The molecular formula is C14H15BrClN3. The lowest BCUT2D eigenvalue weighted by Gasteiger charge is -2.11. The molecule has 0 fully saturated rings. The monoisotopic (exact) mass is 339 g/mol. The van der Waals surface area contributed by atoms with Crippen molar-refractivity contribution in [2.75, 3.05) is 17.2 Å². The van der Waals surface area contributed by atoms with Crippen molar-refractivity contribution in [3.05, 3.63) is 46.0 Å². The van der Waals surface area contributed by atoms with Crippen LogP contribution in [0.4, 0.5) is 17.2 Å². The summed E-state index contributed by atoms with van der Waals surface area (Å²) in [5, 5.41) is 7.26. The van der Waals surface area contributed by atoms with E-state index >= 15 is 0 Å². The predicted molar refractivity (Wildman–Crippen MR) is 85.5 cm³/mol. The van der Waals surface area contributed by atoms with Gasteiger partial charge in [0.1, 0.15) is 5.82 Å². The molecule has 0 spiro atoms. The Hall–Kier alpha value is -1.26. The van der Waals surface area contributed by atoms with Crippen LogP contribution < -0.4 is 10.6 Å². The number of nitrogens with zero attached hydrogens (tertiary/aromatic N) is 1. The number of benzene rings is 1.